The minimum absolute atomic E-state index is 0.0359. The quantitative estimate of drug-likeness (QED) is 0.489. The summed E-state index contributed by atoms with van der Waals surface area (Å²) in [4.78, 5) is 34.4. The summed E-state index contributed by atoms with van der Waals surface area (Å²) >= 11 is 0. The second kappa shape index (κ2) is 9.61. The van der Waals surface area contributed by atoms with Crippen LogP contribution in [0.3, 0.4) is 0 Å². The number of hydrogen-bond acceptors (Lipinski definition) is 6. The zero-order valence-corrected chi connectivity index (χ0v) is 17.7. The van der Waals surface area contributed by atoms with Crippen LogP contribution in [0.25, 0.3) is 10.8 Å². The fourth-order valence-electron chi connectivity index (χ4n) is 3.79. The summed E-state index contributed by atoms with van der Waals surface area (Å²) in [5, 5.41) is 33.5. The molecule has 9 heteroatoms. The SMILES string of the molecule is CC1(C(=O)O)C=CC=C(C(=O)O)C1.O=[N+]([O-])c1ccc(N2CCNCC2)c2ccccc12. The largest absolute Gasteiger partial charge is 0.481 e. The molecule has 2 aromatic carbocycles. The molecule has 0 bridgehead atoms. The fraction of sp³-hybridized carbons (Fsp3) is 0.304. The van der Waals surface area contributed by atoms with Crippen molar-refractivity contribution in [1.82, 2.24) is 5.32 Å². The van der Waals surface area contributed by atoms with Crippen LogP contribution in [-0.2, 0) is 9.59 Å². The van der Waals surface area contributed by atoms with Gasteiger partial charge in [-0.2, -0.15) is 0 Å². The van der Waals surface area contributed by atoms with Crippen molar-refractivity contribution in [2.24, 2.45) is 5.41 Å². The summed E-state index contributed by atoms with van der Waals surface area (Å²) in [6.07, 6.45) is 4.43. The van der Waals surface area contributed by atoms with Crippen LogP contribution in [0.1, 0.15) is 13.3 Å². The molecule has 0 aromatic heterocycles. The molecule has 2 aliphatic rings. The van der Waals surface area contributed by atoms with Gasteiger partial charge in [-0.05, 0) is 25.5 Å². The van der Waals surface area contributed by atoms with Gasteiger partial charge >= 0.3 is 11.9 Å². The highest BCUT2D eigenvalue weighted by molar-refractivity contribution is 6.00. The number of piperazine rings is 1. The lowest BCUT2D eigenvalue weighted by molar-refractivity contribution is -0.383. The average molecular weight is 439 g/mol. The minimum atomic E-state index is -1.08. The Bertz CT molecular complexity index is 1100. The molecule has 3 N–H and O–H groups in total. The van der Waals surface area contributed by atoms with Crippen molar-refractivity contribution < 1.29 is 24.7 Å². The molecule has 9 nitrogen and oxygen atoms in total. The van der Waals surface area contributed by atoms with Gasteiger partial charge in [0.25, 0.3) is 5.69 Å². The Morgan fingerprint density at radius 1 is 1.09 bits per heavy atom. The second-order valence-corrected chi connectivity index (χ2v) is 7.90. The Labute approximate surface area is 184 Å². The summed E-state index contributed by atoms with van der Waals surface area (Å²) in [7, 11) is 0. The maximum Gasteiger partial charge on any atom is 0.331 e. The number of carboxylic acid groups (broad SMARTS) is 2. The predicted octanol–water partition coefficient (Wildman–Crippen LogP) is 3.21. The smallest absolute Gasteiger partial charge is 0.331 e. The van der Waals surface area contributed by atoms with Crippen LogP contribution in [0.5, 0.6) is 0 Å². The van der Waals surface area contributed by atoms with Crippen LogP contribution in [0, 0.1) is 15.5 Å². The first-order valence-electron chi connectivity index (χ1n) is 10.2. The Kier molecular flexibility index (Phi) is 6.89. The molecule has 0 saturated carbocycles. The van der Waals surface area contributed by atoms with Gasteiger partial charge in [0.2, 0.25) is 0 Å². The molecule has 1 atom stereocenters. The van der Waals surface area contributed by atoms with Gasteiger partial charge < -0.3 is 20.4 Å². The highest BCUT2D eigenvalue weighted by Crippen LogP contribution is 2.33. The lowest BCUT2D eigenvalue weighted by Gasteiger charge is -2.30. The molecule has 1 heterocycles. The Hall–Kier alpha value is -3.72. The molecule has 4 rings (SSSR count). The van der Waals surface area contributed by atoms with Gasteiger partial charge in [0.15, 0.2) is 0 Å². The van der Waals surface area contributed by atoms with E-state index in [4.69, 9.17) is 10.2 Å². The zero-order valence-electron chi connectivity index (χ0n) is 17.7. The van der Waals surface area contributed by atoms with Gasteiger partial charge in [0.1, 0.15) is 0 Å². The minimum Gasteiger partial charge on any atom is -0.481 e. The van der Waals surface area contributed by atoms with Crippen molar-refractivity contribution in [3.8, 4) is 0 Å². The van der Waals surface area contributed by atoms with E-state index < -0.39 is 17.4 Å². The van der Waals surface area contributed by atoms with Crippen LogP contribution in [0.2, 0.25) is 0 Å². The third kappa shape index (κ3) is 4.94. The number of hydrogen-bond donors (Lipinski definition) is 3. The van der Waals surface area contributed by atoms with Gasteiger partial charge in [-0.3, -0.25) is 14.9 Å². The first kappa shape index (κ1) is 23.0. The molecule has 32 heavy (non-hydrogen) atoms. The van der Waals surface area contributed by atoms with E-state index in [2.05, 4.69) is 10.2 Å². The molecule has 168 valence electrons. The van der Waals surface area contributed by atoms with Gasteiger partial charge in [-0.1, -0.05) is 36.4 Å². The van der Waals surface area contributed by atoms with Gasteiger partial charge in [-0.15, -0.1) is 0 Å². The highest BCUT2D eigenvalue weighted by Gasteiger charge is 2.34. The molecule has 0 radical (unpaired) electrons. The van der Waals surface area contributed by atoms with E-state index in [1.165, 1.54) is 25.2 Å². The molecule has 2 aromatic rings. The number of nitrogens with zero attached hydrogens (tertiary/aromatic N) is 2. The molecule has 1 saturated heterocycles. The number of carbonyl (C=O) groups is 2. The number of benzene rings is 2. The molecule has 1 aliphatic carbocycles. The number of nitrogens with one attached hydrogen (secondary N) is 1. The van der Waals surface area contributed by atoms with Crippen molar-refractivity contribution in [2.45, 2.75) is 13.3 Å². The van der Waals surface area contributed by atoms with Crippen LogP contribution < -0.4 is 10.2 Å². The first-order valence-corrected chi connectivity index (χ1v) is 10.2. The number of allylic oxidation sites excluding steroid dienone is 2. The van der Waals surface area contributed by atoms with Crippen molar-refractivity contribution in [2.75, 3.05) is 31.1 Å². The van der Waals surface area contributed by atoms with E-state index in [1.54, 1.807) is 6.07 Å². The number of carboxylic acids is 2. The molecular weight excluding hydrogens is 414 g/mol. The van der Waals surface area contributed by atoms with E-state index in [-0.39, 0.29) is 22.6 Å². The van der Waals surface area contributed by atoms with E-state index >= 15 is 0 Å². The number of nitro groups is 1. The molecule has 1 unspecified atom stereocenters. The summed E-state index contributed by atoms with van der Waals surface area (Å²) < 4.78 is 0. The van der Waals surface area contributed by atoms with Crippen LogP contribution in [0.4, 0.5) is 11.4 Å². The van der Waals surface area contributed by atoms with Gasteiger partial charge in [0, 0.05) is 48.9 Å². The van der Waals surface area contributed by atoms with Crippen molar-refractivity contribution in [3.63, 3.8) is 0 Å². The monoisotopic (exact) mass is 439 g/mol. The number of fused-ring (bicyclic) bond motifs is 1. The number of anilines is 1. The lowest BCUT2D eigenvalue weighted by Crippen LogP contribution is -2.43. The average Bonchev–Trinajstić information content (AvgIpc) is 2.79. The number of nitro benzene ring substituents is 1. The Morgan fingerprint density at radius 3 is 2.34 bits per heavy atom. The van der Waals surface area contributed by atoms with E-state index in [0.717, 1.165) is 37.3 Å². The highest BCUT2D eigenvalue weighted by atomic mass is 16.6. The van der Waals surface area contributed by atoms with Crippen molar-refractivity contribution in [3.05, 3.63) is 70.3 Å². The number of non-ortho nitro benzene ring substituents is 1. The lowest BCUT2D eigenvalue weighted by atomic mass is 9.80. The maximum atomic E-state index is 11.1. The number of rotatable bonds is 4. The third-order valence-corrected chi connectivity index (χ3v) is 5.61. The van der Waals surface area contributed by atoms with Crippen LogP contribution in [0.15, 0.2) is 60.2 Å². The summed E-state index contributed by atoms with van der Waals surface area (Å²) in [6.45, 7) is 5.27. The Morgan fingerprint density at radius 2 is 1.75 bits per heavy atom. The molecular formula is C23H25N3O6. The van der Waals surface area contributed by atoms with Crippen molar-refractivity contribution >= 4 is 34.1 Å². The maximum absolute atomic E-state index is 11.1. The van der Waals surface area contributed by atoms with Crippen molar-refractivity contribution in [1.29, 1.82) is 0 Å². The normalized spacial score (nSPS) is 20.2. The Balaban J connectivity index is 0.000000195. The molecule has 0 spiro atoms. The molecule has 1 fully saturated rings. The summed E-state index contributed by atoms with van der Waals surface area (Å²) in [6, 6.07) is 11.0. The van der Waals surface area contributed by atoms with Crippen LogP contribution in [-0.4, -0.2) is 53.3 Å². The predicted molar refractivity (Wildman–Crippen MR) is 121 cm³/mol. The molecule has 1 aliphatic heterocycles. The summed E-state index contributed by atoms with van der Waals surface area (Å²) in [5.41, 5.74) is 0.312. The molecule has 0 amide bonds. The number of aliphatic carboxylic acids is 2. The van der Waals surface area contributed by atoms with Gasteiger partial charge in [-0.25, -0.2) is 4.79 Å². The van der Waals surface area contributed by atoms with E-state index in [0.29, 0.717) is 5.39 Å². The zero-order chi connectivity index (χ0) is 23.3. The third-order valence-electron chi connectivity index (χ3n) is 5.61. The van der Waals surface area contributed by atoms with Crippen LogP contribution >= 0.6 is 0 Å². The second-order valence-electron chi connectivity index (χ2n) is 7.90. The standard InChI is InChI=1S/C14H15N3O2.C9H10O4/c18-17(19)14-6-5-13(16-9-7-15-8-10-16)11-3-1-2-4-12(11)14;1-9(8(12)13)4-2-3-6(5-9)7(10)11/h1-6,15H,7-10H2;2-4H,5H2,1H3,(H,10,11)(H,12,13). The fourth-order valence-corrected chi connectivity index (χ4v) is 3.79. The first-order chi connectivity index (χ1) is 15.2. The topological polar surface area (TPSA) is 133 Å². The van der Waals surface area contributed by atoms with E-state index in [9.17, 15) is 19.7 Å². The van der Waals surface area contributed by atoms with E-state index in [1.807, 2.05) is 30.3 Å². The summed E-state index contributed by atoms with van der Waals surface area (Å²) in [5.74, 6) is -2.06. The van der Waals surface area contributed by atoms with Gasteiger partial charge in [0.05, 0.1) is 15.7 Å².